The molecule has 4 nitrogen and oxygen atoms in total. The monoisotopic (exact) mass is 362 g/mol. The molecule has 0 saturated carbocycles. The van der Waals surface area contributed by atoms with Gasteiger partial charge in [-0.25, -0.2) is 9.50 Å². The largest absolute Gasteiger partial charge is 0.327 e. The van der Waals surface area contributed by atoms with Gasteiger partial charge < -0.3 is 4.57 Å². The van der Waals surface area contributed by atoms with Crippen LogP contribution in [0, 0.1) is 6.92 Å². The van der Waals surface area contributed by atoms with Crippen molar-refractivity contribution in [2.45, 2.75) is 6.92 Å². The van der Waals surface area contributed by atoms with Gasteiger partial charge in [0, 0.05) is 23.4 Å². The fourth-order valence-electron chi connectivity index (χ4n) is 4.43. The number of hydrogen-bond acceptors (Lipinski definition) is 2. The summed E-state index contributed by atoms with van der Waals surface area (Å²) in [6.07, 6.45) is 1.87. The van der Waals surface area contributed by atoms with E-state index in [1.165, 1.54) is 27.3 Å². The zero-order chi connectivity index (χ0) is 18.8. The predicted molar refractivity (Wildman–Crippen MR) is 115 cm³/mol. The molecule has 134 valence electrons. The van der Waals surface area contributed by atoms with E-state index in [0.717, 1.165) is 27.9 Å². The number of imidazole rings is 1. The van der Waals surface area contributed by atoms with Crippen LogP contribution in [-0.2, 0) is 7.05 Å². The van der Waals surface area contributed by atoms with E-state index in [1.807, 2.05) is 16.8 Å². The lowest BCUT2D eigenvalue weighted by atomic mass is 9.96. The van der Waals surface area contributed by atoms with Gasteiger partial charge in [0.25, 0.3) is 0 Å². The van der Waals surface area contributed by atoms with Crippen molar-refractivity contribution in [2.24, 2.45) is 7.05 Å². The molecular formula is C24H18N4. The fraction of sp³-hybridized carbons (Fsp3) is 0.0833. The molecule has 3 aromatic carbocycles. The first-order valence-electron chi connectivity index (χ1n) is 9.43. The first kappa shape index (κ1) is 15.4. The number of aryl methyl sites for hydroxylation is 2. The van der Waals surface area contributed by atoms with Crippen LogP contribution >= 0.6 is 0 Å². The molecule has 28 heavy (non-hydrogen) atoms. The molecule has 0 unspecified atom stereocenters. The van der Waals surface area contributed by atoms with E-state index >= 15 is 0 Å². The molecule has 6 rings (SSSR count). The summed E-state index contributed by atoms with van der Waals surface area (Å²) >= 11 is 0. The predicted octanol–water partition coefficient (Wildman–Crippen LogP) is 5.50. The Hall–Kier alpha value is -3.66. The smallest absolute Gasteiger partial charge is 0.141 e. The highest BCUT2D eigenvalue weighted by Crippen LogP contribution is 2.38. The lowest BCUT2D eigenvalue weighted by Crippen LogP contribution is -1.99. The van der Waals surface area contributed by atoms with Gasteiger partial charge in [0.2, 0.25) is 0 Å². The standard InChI is InChI=1S/C24H18N4/c1-15-11-12-21-23(17-8-4-3-7-16(17)19-13-14-25-28(19)21)22(15)24-26-18-9-5-6-10-20(18)27(24)2/h3-14H,1-2H3. The number of aromatic nitrogens is 4. The molecule has 0 spiro atoms. The summed E-state index contributed by atoms with van der Waals surface area (Å²) in [5, 5.41) is 8.25. The highest BCUT2D eigenvalue weighted by atomic mass is 15.2. The topological polar surface area (TPSA) is 35.1 Å². The molecule has 6 aromatic rings. The van der Waals surface area contributed by atoms with E-state index in [1.54, 1.807) is 0 Å². The van der Waals surface area contributed by atoms with Crippen LogP contribution in [0.15, 0.2) is 72.9 Å². The third-order valence-corrected chi connectivity index (χ3v) is 5.75. The second-order valence-corrected chi connectivity index (χ2v) is 7.31. The van der Waals surface area contributed by atoms with Gasteiger partial charge in [-0.2, -0.15) is 5.10 Å². The van der Waals surface area contributed by atoms with Gasteiger partial charge in [-0.3, -0.25) is 0 Å². The van der Waals surface area contributed by atoms with Crippen LogP contribution in [0.5, 0.6) is 0 Å². The van der Waals surface area contributed by atoms with Gasteiger partial charge in [-0.05, 0) is 42.1 Å². The Morgan fingerprint density at radius 2 is 1.54 bits per heavy atom. The summed E-state index contributed by atoms with van der Waals surface area (Å²) in [6.45, 7) is 2.16. The molecule has 3 aromatic heterocycles. The van der Waals surface area contributed by atoms with Crippen molar-refractivity contribution in [3.63, 3.8) is 0 Å². The SMILES string of the molecule is Cc1ccc2c(c1-c1nc3ccccc3n1C)c1ccccc1c1ccnn12. The van der Waals surface area contributed by atoms with Crippen LogP contribution in [0.3, 0.4) is 0 Å². The number of rotatable bonds is 1. The molecule has 0 aliphatic rings. The molecule has 0 radical (unpaired) electrons. The maximum absolute atomic E-state index is 5.00. The van der Waals surface area contributed by atoms with Gasteiger partial charge in [0.05, 0.1) is 28.3 Å². The van der Waals surface area contributed by atoms with Gasteiger partial charge in [-0.15, -0.1) is 0 Å². The Morgan fingerprint density at radius 1 is 0.750 bits per heavy atom. The molecule has 0 amide bonds. The van der Waals surface area contributed by atoms with Gasteiger partial charge in [-0.1, -0.05) is 42.5 Å². The second kappa shape index (κ2) is 5.42. The number of benzene rings is 3. The van der Waals surface area contributed by atoms with E-state index in [9.17, 15) is 0 Å². The molecule has 0 aliphatic heterocycles. The van der Waals surface area contributed by atoms with Crippen molar-refractivity contribution in [1.82, 2.24) is 19.2 Å². The minimum atomic E-state index is 0.987. The quantitative estimate of drug-likeness (QED) is 0.362. The molecule has 0 fully saturated rings. The fourth-order valence-corrected chi connectivity index (χ4v) is 4.43. The second-order valence-electron chi connectivity index (χ2n) is 7.31. The number of hydrogen-bond donors (Lipinski definition) is 0. The summed E-state index contributed by atoms with van der Waals surface area (Å²) in [4.78, 5) is 5.00. The Labute approximate surface area is 161 Å². The van der Waals surface area contributed by atoms with Crippen molar-refractivity contribution in [3.05, 3.63) is 78.5 Å². The first-order chi connectivity index (χ1) is 13.7. The minimum Gasteiger partial charge on any atom is -0.327 e. The van der Waals surface area contributed by atoms with Gasteiger partial charge >= 0.3 is 0 Å². The maximum atomic E-state index is 5.00. The van der Waals surface area contributed by atoms with Crippen molar-refractivity contribution < 1.29 is 0 Å². The zero-order valence-electron chi connectivity index (χ0n) is 15.7. The summed E-state index contributed by atoms with van der Waals surface area (Å²) in [7, 11) is 2.09. The molecule has 0 aliphatic carbocycles. The summed E-state index contributed by atoms with van der Waals surface area (Å²) in [6, 6.07) is 23.3. The highest BCUT2D eigenvalue weighted by Gasteiger charge is 2.19. The van der Waals surface area contributed by atoms with Gasteiger partial charge in [0.15, 0.2) is 0 Å². The molecule has 3 heterocycles. The van der Waals surface area contributed by atoms with E-state index in [-0.39, 0.29) is 0 Å². The third-order valence-electron chi connectivity index (χ3n) is 5.75. The van der Waals surface area contributed by atoms with Crippen LogP contribution < -0.4 is 0 Å². The lowest BCUT2D eigenvalue weighted by Gasteiger charge is -2.15. The number of pyridine rings is 1. The van der Waals surface area contributed by atoms with Crippen LogP contribution in [0.1, 0.15) is 5.56 Å². The van der Waals surface area contributed by atoms with E-state index < -0.39 is 0 Å². The van der Waals surface area contributed by atoms with Crippen LogP contribution in [0.25, 0.3) is 49.6 Å². The summed E-state index contributed by atoms with van der Waals surface area (Å²) < 4.78 is 4.24. The number of fused-ring (bicyclic) bond motifs is 7. The molecule has 0 saturated heterocycles. The summed E-state index contributed by atoms with van der Waals surface area (Å²) in [5.41, 5.74) is 6.76. The molecular weight excluding hydrogens is 344 g/mol. The zero-order valence-corrected chi connectivity index (χ0v) is 15.7. The number of para-hydroxylation sites is 2. The minimum absolute atomic E-state index is 0.987. The van der Waals surface area contributed by atoms with Crippen molar-refractivity contribution in [3.8, 4) is 11.4 Å². The van der Waals surface area contributed by atoms with Gasteiger partial charge in [0.1, 0.15) is 5.82 Å². The van der Waals surface area contributed by atoms with Crippen molar-refractivity contribution >= 4 is 38.2 Å². The van der Waals surface area contributed by atoms with Crippen LogP contribution in [-0.4, -0.2) is 19.2 Å². The van der Waals surface area contributed by atoms with Crippen LogP contribution in [0.4, 0.5) is 0 Å². The molecule has 4 heteroatoms. The van der Waals surface area contributed by atoms with E-state index in [2.05, 4.69) is 84.3 Å². The Bertz CT molecular complexity index is 1540. The van der Waals surface area contributed by atoms with E-state index in [4.69, 9.17) is 4.98 Å². The Kier molecular flexibility index (Phi) is 2.98. The Morgan fingerprint density at radius 3 is 2.39 bits per heavy atom. The normalized spacial score (nSPS) is 11.9. The number of nitrogens with zero attached hydrogens (tertiary/aromatic N) is 4. The highest BCUT2D eigenvalue weighted by molar-refractivity contribution is 6.17. The molecule has 0 atom stereocenters. The Balaban J connectivity index is 1.89. The third kappa shape index (κ3) is 1.89. The summed E-state index contributed by atoms with van der Waals surface area (Å²) in [5.74, 6) is 0.987. The maximum Gasteiger partial charge on any atom is 0.141 e. The molecule has 0 bridgehead atoms. The van der Waals surface area contributed by atoms with Crippen molar-refractivity contribution in [2.75, 3.05) is 0 Å². The van der Waals surface area contributed by atoms with E-state index in [0.29, 0.717) is 0 Å². The first-order valence-corrected chi connectivity index (χ1v) is 9.43. The average molecular weight is 362 g/mol. The lowest BCUT2D eigenvalue weighted by molar-refractivity contribution is 0.958. The van der Waals surface area contributed by atoms with Crippen molar-refractivity contribution in [1.29, 1.82) is 0 Å². The average Bonchev–Trinajstić information content (AvgIpc) is 3.34. The van der Waals surface area contributed by atoms with Crippen LogP contribution in [0.2, 0.25) is 0 Å². The molecule has 0 N–H and O–H groups in total.